The van der Waals surface area contributed by atoms with E-state index in [-0.39, 0.29) is 12.1 Å². The predicted octanol–water partition coefficient (Wildman–Crippen LogP) is -0.607. The Balaban J connectivity index is 1.99. The smallest absolute Gasteiger partial charge is 0.138 e. The maximum atomic E-state index is 5.84. The SMILES string of the molecule is CCN1CCOC(C(Cc2ncnn2CC)NN)C1. The summed E-state index contributed by atoms with van der Waals surface area (Å²) in [4.78, 5) is 6.67. The minimum atomic E-state index is 0.0591. The molecule has 108 valence electrons. The van der Waals surface area contributed by atoms with E-state index in [0.29, 0.717) is 0 Å². The molecule has 19 heavy (non-hydrogen) atoms. The number of aromatic nitrogens is 3. The molecule has 1 aromatic heterocycles. The van der Waals surface area contributed by atoms with E-state index in [1.807, 2.05) is 4.68 Å². The van der Waals surface area contributed by atoms with Crippen LogP contribution in [-0.2, 0) is 17.7 Å². The van der Waals surface area contributed by atoms with E-state index in [9.17, 15) is 0 Å². The van der Waals surface area contributed by atoms with E-state index < -0.39 is 0 Å². The molecule has 7 nitrogen and oxygen atoms in total. The fourth-order valence-electron chi connectivity index (χ4n) is 2.47. The molecule has 0 spiro atoms. The second-order valence-electron chi connectivity index (χ2n) is 4.77. The summed E-state index contributed by atoms with van der Waals surface area (Å²) in [5, 5.41) is 4.18. The zero-order valence-electron chi connectivity index (χ0n) is 11.7. The number of nitrogens with one attached hydrogen (secondary N) is 1. The minimum absolute atomic E-state index is 0.0591. The Morgan fingerprint density at radius 2 is 2.37 bits per heavy atom. The first-order chi connectivity index (χ1) is 9.28. The van der Waals surface area contributed by atoms with Crippen molar-refractivity contribution in [1.29, 1.82) is 0 Å². The third-order valence-electron chi connectivity index (χ3n) is 3.69. The Hall–Kier alpha value is -1.02. The number of ether oxygens (including phenoxy) is 1. The molecule has 0 aromatic carbocycles. The number of hydrazine groups is 1. The van der Waals surface area contributed by atoms with Crippen LogP contribution in [0.4, 0.5) is 0 Å². The van der Waals surface area contributed by atoms with Crippen molar-refractivity contribution in [2.45, 2.75) is 39.0 Å². The van der Waals surface area contributed by atoms with Gasteiger partial charge in [0.05, 0.1) is 18.8 Å². The summed E-state index contributed by atoms with van der Waals surface area (Å²) in [7, 11) is 0. The lowest BCUT2D eigenvalue weighted by atomic mass is 10.1. The van der Waals surface area contributed by atoms with E-state index in [0.717, 1.165) is 45.0 Å². The van der Waals surface area contributed by atoms with Crippen molar-refractivity contribution in [2.75, 3.05) is 26.2 Å². The third-order valence-corrected chi connectivity index (χ3v) is 3.69. The Morgan fingerprint density at radius 3 is 3.05 bits per heavy atom. The van der Waals surface area contributed by atoms with Gasteiger partial charge in [0.25, 0.3) is 0 Å². The second kappa shape index (κ2) is 6.95. The fourth-order valence-corrected chi connectivity index (χ4v) is 2.47. The number of rotatable bonds is 6. The van der Waals surface area contributed by atoms with Crippen molar-refractivity contribution in [2.24, 2.45) is 5.84 Å². The number of morpholine rings is 1. The van der Waals surface area contributed by atoms with Crippen LogP contribution in [0, 0.1) is 0 Å². The molecular weight excluding hydrogens is 244 g/mol. The number of nitrogens with two attached hydrogens (primary N) is 1. The Kier molecular flexibility index (Phi) is 5.26. The largest absolute Gasteiger partial charge is 0.374 e. The maximum Gasteiger partial charge on any atom is 0.138 e. The first-order valence-electron chi connectivity index (χ1n) is 6.95. The molecule has 0 amide bonds. The maximum absolute atomic E-state index is 5.84. The summed E-state index contributed by atoms with van der Waals surface area (Å²) >= 11 is 0. The van der Waals surface area contributed by atoms with E-state index >= 15 is 0 Å². The van der Waals surface area contributed by atoms with Crippen LogP contribution < -0.4 is 11.3 Å². The molecule has 1 aliphatic rings. The first kappa shape index (κ1) is 14.4. The summed E-state index contributed by atoms with van der Waals surface area (Å²) < 4.78 is 7.74. The van der Waals surface area contributed by atoms with Gasteiger partial charge in [0, 0.05) is 26.1 Å². The summed E-state index contributed by atoms with van der Waals surface area (Å²) in [5.41, 5.74) is 2.87. The van der Waals surface area contributed by atoms with Gasteiger partial charge in [-0.1, -0.05) is 6.92 Å². The number of likely N-dealkylation sites (N-methyl/N-ethyl adjacent to an activating group) is 1. The normalized spacial score (nSPS) is 22.6. The zero-order chi connectivity index (χ0) is 13.7. The third kappa shape index (κ3) is 3.50. The van der Waals surface area contributed by atoms with Crippen LogP contribution in [0.25, 0.3) is 0 Å². The molecule has 2 heterocycles. The van der Waals surface area contributed by atoms with Gasteiger partial charge in [-0.05, 0) is 13.5 Å². The summed E-state index contributed by atoms with van der Waals surface area (Å²) in [6.07, 6.45) is 2.42. The lowest BCUT2D eigenvalue weighted by molar-refractivity contribution is -0.0452. The molecular formula is C12H24N6O. The molecule has 0 radical (unpaired) electrons. The van der Waals surface area contributed by atoms with Gasteiger partial charge in [0.1, 0.15) is 12.2 Å². The Bertz CT molecular complexity index is 382. The first-order valence-corrected chi connectivity index (χ1v) is 6.95. The van der Waals surface area contributed by atoms with Gasteiger partial charge < -0.3 is 4.74 Å². The molecule has 1 fully saturated rings. The highest BCUT2D eigenvalue weighted by molar-refractivity contribution is 4.93. The van der Waals surface area contributed by atoms with Crippen molar-refractivity contribution in [3.63, 3.8) is 0 Å². The van der Waals surface area contributed by atoms with Crippen LogP contribution in [0.2, 0.25) is 0 Å². The van der Waals surface area contributed by atoms with Gasteiger partial charge in [-0.2, -0.15) is 5.10 Å². The molecule has 2 rings (SSSR count). The average molecular weight is 268 g/mol. The molecule has 1 saturated heterocycles. The lowest BCUT2D eigenvalue weighted by Crippen LogP contribution is -2.55. The van der Waals surface area contributed by atoms with Crippen LogP contribution in [0.1, 0.15) is 19.7 Å². The van der Waals surface area contributed by atoms with Gasteiger partial charge in [-0.15, -0.1) is 0 Å². The fraction of sp³-hybridized carbons (Fsp3) is 0.833. The minimum Gasteiger partial charge on any atom is -0.374 e. The topological polar surface area (TPSA) is 81.2 Å². The number of hydrogen-bond donors (Lipinski definition) is 2. The monoisotopic (exact) mass is 268 g/mol. The van der Waals surface area contributed by atoms with Crippen LogP contribution in [0.3, 0.4) is 0 Å². The van der Waals surface area contributed by atoms with E-state index in [1.54, 1.807) is 6.33 Å². The molecule has 2 unspecified atom stereocenters. The van der Waals surface area contributed by atoms with E-state index in [2.05, 4.69) is 34.3 Å². The molecule has 3 N–H and O–H groups in total. The van der Waals surface area contributed by atoms with Crippen molar-refractivity contribution < 1.29 is 4.74 Å². The quantitative estimate of drug-likeness (QED) is 0.529. The molecule has 7 heteroatoms. The van der Waals surface area contributed by atoms with Crippen molar-refractivity contribution in [3.05, 3.63) is 12.2 Å². The highest BCUT2D eigenvalue weighted by Gasteiger charge is 2.28. The number of nitrogens with zero attached hydrogens (tertiary/aromatic N) is 4. The van der Waals surface area contributed by atoms with Gasteiger partial charge >= 0.3 is 0 Å². The summed E-state index contributed by atoms with van der Waals surface area (Å²) in [6, 6.07) is 0.0591. The van der Waals surface area contributed by atoms with Gasteiger partial charge in [-0.25, -0.2) is 4.98 Å². The molecule has 0 saturated carbocycles. The summed E-state index contributed by atoms with van der Waals surface area (Å²) in [5.74, 6) is 6.64. The highest BCUT2D eigenvalue weighted by atomic mass is 16.5. The average Bonchev–Trinajstić information content (AvgIpc) is 2.92. The lowest BCUT2D eigenvalue weighted by Gasteiger charge is -2.36. The number of hydrogen-bond acceptors (Lipinski definition) is 6. The zero-order valence-corrected chi connectivity index (χ0v) is 11.7. The molecule has 2 atom stereocenters. The highest BCUT2D eigenvalue weighted by Crippen LogP contribution is 2.12. The van der Waals surface area contributed by atoms with Crippen molar-refractivity contribution >= 4 is 0 Å². The van der Waals surface area contributed by atoms with Gasteiger partial charge in [0.2, 0.25) is 0 Å². The Morgan fingerprint density at radius 1 is 1.53 bits per heavy atom. The standard InChI is InChI=1S/C12H24N6O/c1-3-17-5-6-19-11(8-17)10(16-13)7-12-14-9-15-18(12)4-2/h9-11,16H,3-8,13H2,1-2H3. The van der Waals surface area contributed by atoms with Crippen molar-refractivity contribution in [3.8, 4) is 0 Å². The molecule has 1 aliphatic heterocycles. The van der Waals surface area contributed by atoms with Crippen molar-refractivity contribution in [1.82, 2.24) is 25.1 Å². The van der Waals surface area contributed by atoms with Crippen LogP contribution >= 0.6 is 0 Å². The predicted molar refractivity (Wildman–Crippen MR) is 72.4 cm³/mol. The van der Waals surface area contributed by atoms with Gasteiger partial charge in [0.15, 0.2) is 0 Å². The van der Waals surface area contributed by atoms with Crippen LogP contribution in [0.5, 0.6) is 0 Å². The molecule has 1 aromatic rings. The Labute approximate surface area is 114 Å². The summed E-state index contributed by atoms with van der Waals surface area (Å²) in [6.45, 7) is 8.75. The molecule has 0 bridgehead atoms. The van der Waals surface area contributed by atoms with Crippen LogP contribution in [-0.4, -0.2) is 58.1 Å². The van der Waals surface area contributed by atoms with Crippen LogP contribution in [0.15, 0.2) is 6.33 Å². The number of aryl methyl sites for hydroxylation is 1. The van der Waals surface area contributed by atoms with E-state index in [1.165, 1.54) is 0 Å². The second-order valence-corrected chi connectivity index (χ2v) is 4.77. The van der Waals surface area contributed by atoms with Gasteiger partial charge in [-0.3, -0.25) is 20.9 Å². The van der Waals surface area contributed by atoms with E-state index in [4.69, 9.17) is 10.6 Å². The molecule has 0 aliphatic carbocycles.